The molecule has 2 aromatic rings. The third-order valence-electron chi connectivity index (χ3n) is 7.61. The van der Waals surface area contributed by atoms with Crippen LogP contribution >= 0.6 is 0 Å². The van der Waals surface area contributed by atoms with Crippen molar-refractivity contribution >= 4 is 41.6 Å². The SMILES string of the molecule is COC(=O)[C@H](C)NC(=O)[C@H](C)NC(=O)[C@H](CC(C)C)NC(=O)[C@H](Cc1ccccc1)NC(=O)[C@H](C)NC(=O)[C@H](C)NC(=O)OCc1ccccc1. The predicted molar refractivity (Wildman–Crippen MR) is 188 cm³/mol. The Kier molecular flexibility index (Phi) is 17.1. The van der Waals surface area contributed by atoms with Crippen molar-refractivity contribution in [3.63, 3.8) is 0 Å². The maximum absolute atomic E-state index is 13.7. The predicted octanol–water partition coefficient (Wildman–Crippen LogP) is 1.25. The first-order valence-electron chi connectivity index (χ1n) is 16.7. The van der Waals surface area contributed by atoms with Crippen LogP contribution in [0.5, 0.6) is 0 Å². The Hall–Kier alpha value is -5.47. The molecule has 0 unspecified atom stereocenters. The average Bonchev–Trinajstić information content (AvgIpc) is 3.10. The second-order valence-electron chi connectivity index (χ2n) is 12.6. The van der Waals surface area contributed by atoms with Gasteiger partial charge in [-0.05, 0) is 51.2 Å². The van der Waals surface area contributed by atoms with E-state index in [0.717, 1.165) is 11.1 Å². The molecule has 15 nitrogen and oxygen atoms in total. The number of hydrogen-bond acceptors (Lipinski definition) is 9. The molecule has 0 spiro atoms. The number of carbonyl (C=O) groups is 7. The molecule has 0 saturated heterocycles. The fraction of sp³-hybridized carbons (Fsp3) is 0.472. The number of nitrogens with one attached hydrogen (secondary N) is 6. The molecule has 0 aromatic heterocycles. The van der Waals surface area contributed by atoms with Gasteiger partial charge in [-0.1, -0.05) is 74.5 Å². The van der Waals surface area contributed by atoms with Crippen molar-refractivity contribution in [3.05, 3.63) is 71.8 Å². The lowest BCUT2D eigenvalue weighted by molar-refractivity contribution is -0.144. The third kappa shape index (κ3) is 14.9. The van der Waals surface area contributed by atoms with Crippen molar-refractivity contribution in [2.75, 3.05) is 7.11 Å². The van der Waals surface area contributed by atoms with Crippen molar-refractivity contribution in [2.45, 2.75) is 97.2 Å². The van der Waals surface area contributed by atoms with Crippen LogP contribution in [0.1, 0.15) is 59.1 Å². The van der Waals surface area contributed by atoms with Gasteiger partial charge in [0, 0.05) is 6.42 Å². The van der Waals surface area contributed by atoms with Crippen molar-refractivity contribution in [2.24, 2.45) is 5.92 Å². The quantitative estimate of drug-likeness (QED) is 0.123. The topological polar surface area (TPSA) is 210 Å². The smallest absolute Gasteiger partial charge is 0.408 e. The minimum Gasteiger partial charge on any atom is -0.467 e. The Labute approximate surface area is 298 Å². The Morgan fingerprint density at radius 3 is 1.49 bits per heavy atom. The molecule has 0 aliphatic carbocycles. The molecule has 0 radical (unpaired) electrons. The summed E-state index contributed by atoms with van der Waals surface area (Å²) >= 11 is 0. The molecule has 0 aliphatic heterocycles. The minimum absolute atomic E-state index is 0.00898. The highest BCUT2D eigenvalue weighted by atomic mass is 16.5. The Balaban J connectivity index is 2.09. The second kappa shape index (κ2) is 20.9. The number of benzene rings is 2. The number of alkyl carbamates (subject to hydrolysis) is 1. The van der Waals surface area contributed by atoms with E-state index in [1.165, 1.54) is 34.8 Å². The van der Waals surface area contributed by atoms with E-state index in [9.17, 15) is 33.6 Å². The van der Waals surface area contributed by atoms with E-state index in [0.29, 0.717) is 0 Å². The summed E-state index contributed by atoms with van der Waals surface area (Å²) in [6, 6.07) is 11.5. The van der Waals surface area contributed by atoms with E-state index in [4.69, 9.17) is 4.74 Å². The normalized spacial score (nSPS) is 14.3. The molecule has 278 valence electrons. The van der Waals surface area contributed by atoms with E-state index in [-0.39, 0.29) is 25.4 Å². The van der Waals surface area contributed by atoms with Crippen molar-refractivity contribution in [3.8, 4) is 0 Å². The first-order valence-corrected chi connectivity index (χ1v) is 16.7. The lowest BCUT2D eigenvalue weighted by Gasteiger charge is -2.26. The molecule has 0 heterocycles. The summed E-state index contributed by atoms with van der Waals surface area (Å²) in [5.41, 5.74) is 1.49. The average molecular weight is 711 g/mol. The standard InChI is InChI=1S/C36H50N6O9/c1-21(2)18-28(33(46)38-22(3)30(43)39-25(6)35(48)50-7)42-34(47)29(19-26-14-10-8-11-15-26)41-32(45)23(4)37-31(44)24(5)40-36(49)51-20-27-16-12-9-13-17-27/h8-17,21-25,28-29H,18-20H2,1-7H3,(H,37,44)(H,38,46)(H,39,43)(H,40,49)(H,41,45)(H,42,47)/t22-,23-,24-,25-,28-,29-/m0/s1. The van der Waals surface area contributed by atoms with Crippen molar-refractivity contribution in [1.82, 2.24) is 31.9 Å². The third-order valence-corrected chi connectivity index (χ3v) is 7.61. The van der Waals surface area contributed by atoms with Crippen LogP contribution in [-0.4, -0.2) is 85.0 Å². The molecule has 0 saturated carbocycles. The lowest BCUT2D eigenvalue weighted by atomic mass is 10.0. The number of esters is 1. The zero-order valence-corrected chi connectivity index (χ0v) is 30.1. The summed E-state index contributed by atoms with van der Waals surface area (Å²) in [7, 11) is 1.19. The van der Waals surface area contributed by atoms with Crippen LogP contribution in [0, 0.1) is 5.92 Å². The summed E-state index contributed by atoms with van der Waals surface area (Å²) < 4.78 is 9.76. The van der Waals surface area contributed by atoms with Gasteiger partial charge >= 0.3 is 12.1 Å². The Morgan fingerprint density at radius 1 is 0.529 bits per heavy atom. The van der Waals surface area contributed by atoms with Crippen LogP contribution < -0.4 is 31.9 Å². The summed E-state index contributed by atoms with van der Waals surface area (Å²) in [6.45, 7) is 9.45. The monoisotopic (exact) mass is 710 g/mol. The first kappa shape index (κ1) is 41.7. The molecular weight excluding hydrogens is 660 g/mol. The zero-order chi connectivity index (χ0) is 38.1. The van der Waals surface area contributed by atoms with E-state index < -0.39 is 77.8 Å². The van der Waals surface area contributed by atoms with Gasteiger partial charge in [0.2, 0.25) is 29.5 Å². The molecule has 0 bridgehead atoms. The molecule has 6 amide bonds. The van der Waals surface area contributed by atoms with Crippen LogP contribution in [0.4, 0.5) is 4.79 Å². The summed E-state index contributed by atoms with van der Waals surface area (Å²) in [6.07, 6.45) is -0.546. The molecule has 2 rings (SSSR count). The highest BCUT2D eigenvalue weighted by Gasteiger charge is 2.31. The maximum atomic E-state index is 13.7. The first-order chi connectivity index (χ1) is 24.1. The van der Waals surface area contributed by atoms with Gasteiger partial charge in [-0.25, -0.2) is 9.59 Å². The van der Waals surface area contributed by atoms with E-state index >= 15 is 0 Å². The number of rotatable bonds is 18. The van der Waals surface area contributed by atoms with Gasteiger partial charge in [-0.3, -0.25) is 24.0 Å². The molecule has 2 aromatic carbocycles. The van der Waals surface area contributed by atoms with Crippen LogP contribution in [0.25, 0.3) is 0 Å². The molecule has 6 N–H and O–H groups in total. The zero-order valence-electron chi connectivity index (χ0n) is 30.1. The Morgan fingerprint density at radius 2 is 0.961 bits per heavy atom. The molecule has 51 heavy (non-hydrogen) atoms. The second-order valence-corrected chi connectivity index (χ2v) is 12.6. The van der Waals surface area contributed by atoms with Crippen LogP contribution in [0.2, 0.25) is 0 Å². The summed E-state index contributed by atoms with van der Waals surface area (Å²) in [5.74, 6) is -3.99. The molecule has 0 aliphatic rings. The van der Waals surface area contributed by atoms with Crippen LogP contribution in [0.15, 0.2) is 60.7 Å². The number of hydrogen-bond donors (Lipinski definition) is 6. The van der Waals surface area contributed by atoms with Gasteiger partial charge in [0.1, 0.15) is 42.9 Å². The van der Waals surface area contributed by atoms with Gasteiger partial charge in [0.05, 0.1) is 7.11 Å². The maximum Gasteiger partial charge on any atom is 0.408 e. The van der Waals surface area contributed by atoms with E-state index in [2.05, 4.69) is 36.6 Å². The van der Waals surface area contributed by atoms with Crippen LogP contribution in [0.3, 0.4) is 0 Å². The van der Waals surface area contributed by atoms with Crippen LogP contribution in [-0.2, 0) is 51.3 Å². The van der Waals surface area contributed by atoms with E-state index in [1.807, 2.05) is 19.9 Å². The van der Waals surface area contributed by atoms with E-state index in [1.54, 1.807) is 54.6 Å². The number of methoxy groups -OCH3 is 1. The number of carbonyl (C=O) groups excluding carboxylic acids is 7. The highest BCUT2D eigenvalue weighted by molar-refractivity contribution is 5.96. The fourth-order valence-electron chi connectivity index (χ4n) is 4.70. The molecule has 15 heteroatoms. The van der Waals surface area contributed by atoms with Gasteiger partial charge in [-0.2, -0.15) is 0 Å². The summed E-state index contributed by atoms with van der Waals surface area (Å²) in [4.78, 5) is 89.6. The Bertz CT molecular complexity index is 1490. The van der Waals surface area contributed by atoms with Gasteiger partial charge in [0.25, 0.3) is 0 Å². The van der Waals surface area contributed by atoms with Gasteiger partial charge < -0.3 is 41.4 Å². The van der Waals surface area contributed by atoms with Crippen molar-refractivity contribution in [1.29, 1.82) is 0 Å². The minimum atomic E-state index is -1.16. The summed E-state index contributed by atoms with van der Waals surface area (Å²) in [5, 5.41) is 15.3. The fourth-order valence-corrected chi connectivity index (χ4v) is 4.70. The number of ether oxygens (including phenoxy) is 2. The van der Waals surface area contributed by atoms with Gasteiger partial charge in [0.15, 0.2) is 0 Å². The largest absolute Gasteiger partial charge is 0.467 e. The molecule has 0 fully saturated rings. The van der Waals surface area contributed by atoms with Gasteiger partial charge in [-0.15, -0.1) is 0 Å². The lowest BCUT2D eigenvalue weighted by Crippen LogP contribution is -2.59. The molecular formula is C36H50N6O9. The molecule has 6 atom stereocenters. The number of amides is 6. The van der Waals surface area contributed by atoms with Crippen molar-refractivity contribution < 1.29 is 43.0 Å². The highest BCUT2D eigenvalue weighted by Crippen LogP contribution is 2.09.